The van der Waals surface area contributed by atoms with Crippen LogP contribution in [-0.4, -0.2) is 29.6 Å². The normalized spacial score (nSPS) is 12.1. The average molecular weight is 230 g/mol. The molecule has 94 valence electrons. The Kier molecular flexibility index (Phi) is 8.52. The molecule has 1 atom stereocenters. The predicted molar refractivity (Wildman–Crippen MR) is 62.0 cm³/mol. The van der Waals surface area contributed by atoms with E-state index in [4.69, 9.17) is 10.8 Å². The summed E-state index contributed by atoms with van der Waals surface area (Å²) in [5.41, 5.74) is 5.29. The smallest absolute Gasteiger partial charge is 0.320 e. The van der Waals surface area contributed by atoms with Gasteiger partial charge in [-0.1, -0.05) is 26.2 Å². The highest BCUT2D eigenvalue weighted by Crippen LogP contribution is 2.01. The van der Waals surface area contributed by atoms with Crippen molar-refractivity contribution in [1.29, 1.82) is 0 Å². The molecule has 0 aromatic heterocycles. The zero-order chi connectivity index (χ0) is 12.4. The third-order valence-electron chi connectivity index (χ3n) is 2.35. The minimum absolute atomic E-state index is 0.0197. The van der Waals surface area contributed by atoms with Crippen molar-refractivity contribution in [2.45, 2.75) is 51.5 Å². The van der Waals surface area contributed by atoms with Gasteiger partial charge >= 0.3 is 5.97 Å². The summed E-state index contributed by atoms with van der Waals surface area (Å²) in [6.45, 7) is 2.45. The highest BCUT2D eigenvalue weighted by Gasteiger charge is 2.10. The van der Waals surface area contributed by atoms with Crippen molar-refractivity contribution in [1.82, 2.24) is 5.32 Å². The van der Waals surface area contributed by atoms with Gasteiger partial charge in [0.25, 0.3) is 0 Å². The van der Waals surface area contributed by atoms with Crippen LogP contribution in [0.25, 0.3) is 0 Å². The monoisotopic (exact) mass is 230 g/mol. The second kappa shape index (κ2) is 9.15. The molecule has 4 N–H and O–H groups in total. The first-order valence-corrected chi connectivity index (χ1v) is 5.83. The van der Waals surface area contributed by atoms with Gasteiger partial charge in [0.15, 0.2) is 0 Å². The Hall–Kier alpha value is -1.10. The molecular formula is C11H22N2O3. The van der Waals surface area contributed by atoms with Crippen molar-refractivity contribution in [2.75, 3.05) is 6.54 Å². The van der Waals surface area contributed by atoms with Gasteiger partial charge in [-0.3, -0.25) is 9.59 Å². The molecule has 0 aliphatic heterocycles. The molecule has 5 heteroatoms. The van der Waals surface area contributed by atoms with Gasteiger partial charge in [-0.25, -0.2) is 0 Å². The van der Waals surface area contributed by atoms with Crippen molar-refractivity contribution in [3.63, 3.8) is 0 Å². The van der Waals surface area contributed by atoms with E-state index < -0.39 is 12.0 Å². The van der Waals surface area contributed by atoms with Crippen LogP contribution in [0.2, 0.25) is 0 Å². The van der Waals surface area contributed by atoms with Gasteiger partial charge in [0.05, 0.1) is 0 Å². The molecule has 0 aromatic rings. The van der Waals surface area contributed by atoms with Gasteiger partial charge in [0.2, 0.25) is 5.91 Å². The van der Waals surface area contributed by atoms with Crippen LogP contribution in [0.5, 0.6) is 0 Å². The van der Waals surface area contributed by atoms with Crippen LogP contribution in [0.1, 0.15) is 45.4 Å². The number of nitrogens with one attached hydrogen (secondary N) is 1. The maximum Gasteiger partial charge on any atom is 0.320 e. The first-order valence-electron chi connectivity index (χ1n) is 5.83. The molecular weight excluding hydrogens is 208 g/mol. The third-order valence-corrected chi connectivity index (χ3v) is 2.35. The Morgan fingerprint density at radius 3 is 2.56 bits per heavy atom. The summed E-state index contributed by atoms with van der Waals surface area (Å²) in [5, 5.41) is 11.2. The zero-order valence-electron chi connectivity index (χ0n) is 9.87. The lowest BCUT2D eigenvalue weighted by molar-refractivity contribution is -0.138. The van der Waals surface area contributed by atoms with E-state index >= 15 is 0 Å². The highest BCUT2D eigenvalue weighted by molar-refractivity contribution is 5.76. The predicted octanol–water partition coefficient (Wildman–Crippen LogP) is 0.875. The second-order valence-electron chi connectivity index (χ2n) is 3.89. The highest BCUT2D eigenvalue weighted by atomic mass is 16.4. The number of rotatable bonds is 9. The molecule has 0 rings (SSSR count). The Labute approximate surface area is 96.4 Å². The van der Waals surface area contributed by atoms with E-state index in [-0.39, 0.29) is 12.3 Å². The van der Waals surface area contributed by atoms with Crippen LogP contribution in [0, 0.1) is 0 Å². The van der Waals surface area contributed by atoms with Crippen molar-refractivity contribution in [2.24, 2.45) is 5.73 Å². The van der Waals surface area contributed by atoms with Gasteiger partial charge in [0.1, 0.15) is 6.04 Å². The molecule has 1 amide bonds. The summed E-state index contributed by atoms with van der Waals surface area (Å²) < 4.78 is 0. The number of hydrogen-bond donors (Lipinski definition) is 3. The van der Waals surface area contributed by atoms with Crippen LogP contribution in [0.4, 0.5) is 0 Å². The van der Waals surface area contributed by atoms with Crippen LogP contribution in [0.3, 0.4) is 0 Å². The van der Waals surface area contributed by atoms with Crippen molar-refractivity contribution >= 4 is 11.9 Å². The fourth-order valence-electron chi connectivity index (χ4n) is 1.29. The Morgan fingerprint density at radius 2 is 2.00 bits per heavy atom. The number of amides is 1. The van der Waals surface area contributed by atoms with Crippen molar-refractivity contribution in [3.8, 4) is 0 Å². The summed E-state index contributed by atoms with van der Waals surface area (Å²) in [6.07, 6.45) is 5.05. The van der Waals surface area contributed by atoms with Gasteiger partial charge < -0.3 is 16.2 Å². The maximum atomic E-state index is 11.3. The number of carbonyl (C=O) groups is 2. The molecule has 0 bridgehead atoms. The van der Waals surface area contributed by atoms with E-state index in [0.29, 0.717) is 13.0 Å². The number of carboxylic acid groups (broad SMARTS) is 1. The topological polar surface area (TPSA) is 92.4 Å². The summed E-state index contributed by atoms with van der Waals surface area (Å²) in [6, 6.07) is -0.889. The molecule has 0 heterocycles. The minimum atomic E-state index is -1.03. The quantitative estimate of drug-likeness (QED) is 0.512. The lowest BCUT2D eigenvalue weighted by Crippen LogP contribution is -2.35. The Bertz CT molecular complexity index is 219. The number of unbranched alkanes of at least 4 members (excludes halogenated alkanes) is 3. The van der Waals surface area contributed by atoms with E-state index in [9.17, 15) is 9.59 Å². The number of hydrogen-bond acceptors (Lipinski definition) is 3. The molecule has 0 spiro atoms. The standard InChI is InChI=1S/C11H22N2O3/c1-2-3-4-5-6-10(14)13-8-7-9(12)11(15)16/h9H,2-8,12H2,1H3,(H,13,14)(H,15,16)/t9-/m0/s1. The van der Waals surface area contributed by atoms with E-state index in [2.05, 4.69) is 12.2 Å². The molecule has 0 aromatic carbocycles. The molecule has 0 saturated carbocycles. The van der Waals surface area contributed by atoms with Crippen LogP contribution in [0.15, 0.2) is 0 Å². The molecule has 0 aliphatic carbocycles. The molecule has 16 heavy (non-hydrogen) atoms. The van der Waals surface area contributed by atoms with Crippen LogP contribution >= 0.6 is 0 Å². The van der Waals surface area contributed by atoms with Gasteiger partial charge in [0, 0.05) is 13.0 Å². The Morgan fingerprint density at radius 1 is 1.31 bits per heavy atom. The Balaban J connectivity index is 3.40. The maximum absolute atomic E-state index is 11.3. The number of carboxylic acids is 1. The lowest BCUT2D eigenvalue weighted by Gasteiger charge is -2.07. The molecule has 0 saturated heterocycles. The van der Waals surface area contributed by atoms with E-state index in [1.54, 1.807) is 0 Å². The average Bonchev–Trinajstić information content (AvgIpc) is 2.24. The minimum Gasteiger partial charge on any atom is -0.480 e. The first-order chi connectivity index (χ1) is 7.57. The fraction of sp³-hybridized carbons (Fsp3) is 0.818. The van der Waals surface area contributed by atoms with Crippen LogP contribution < -0.4 is 11.1 Å². The summed E-state index contributed by atoms with van der Waals surface area (Å²) in [5.74, 6) is -1.05. The fourth-order valence-corrected chi connectivity index (χ4v) is 1.29. The largest absolute Gasteiger partial charge is 0.480 e. The summed E-state index contributed by atoms with van der Waals surface area (Å²) in [4.78, 5) is 21.6. The number of aliphatic carboxylic acids is 1. The second-order valence-corrected chi connectivity index (χ2v) is 3.89. The van der Waals surface area contributed by atoms with Gasteiger partial charge in [-0.2, -0.15) is 0 Å². The van der Waals surface area contributed by atoms with Crippen LogP contribution in [-0.2, 0) is 9.59 Å². The molecule has 0 radical (unpaired) electrons. The molecule has 0 unspecified atom stereocenters. The SMILES string of the molecule is CCCCCCC(=O)NCC[C@H](N)C(=O)O. The molecule has 0 aliphatic rings. The van der Waals surface area contributed by atoms with Gasteiger partial charge in [-0.05, 0) is 12.8 Å². The third kappa shape index (κ3) is 8.23. The molecule has 5 nitrogen and oxygen atoms in total. The van der Waals surface area contributed by atoms with Crippen molar-refractivity contribution < 1.29 is 14.7 Å². The van der Waals surface area contributed by atoms with E-state index in [0.717, 1.165) is 25.7 Å². The van der Waals surface area contributed by atoms with Crippen molar-refractivity contribution in [3.05, 3.63) is 0 Å². The first kappa shape index (κ1) is 14.9. The molecule has 0 fully saturated rings. The number of nitrogens with two attached hydrogens (primary N) is 1. The van der Waals surface area contributed by atoms with E-state index in [1.165, 1.54) is 0 Å². The lowest BCUT2D eigenvalue weighted by atomic mass is 10.1. The van der Waals surface area contributed by atoms with E-state index in [1.807, 2.05) is 0 Å². The summed E-state index contributed by atoms with van der Waals surface area (Å²) in [7, 11) is 0. The number of carbonyl (C=O) groups excluding carboxylic acids is 1. The summed E-state index contributed by atoms with van der Waals surface area (Å²) >= 11 is 0. The van der Waals surface area contributed by atoms with Gasteiger partial charge in [-0.15, -0.1) is 0 Å². The zero-order valence-corrected chi connectivity index (χ0v) is 9.87.